The number of carboxylic acid groups (broad SMARTS) is 1. The Morgan fingerprint density at radius 3 is 2.38 bits per heavy atom. The van der Waals surface area contributed by atoms with Crippen LogP contribution in [-0.2, 0) is 11.2 Å². The van der Waals surface area contributed by atoms with E-state index in [0.29, 0.717) is 0 Å². The molecule has 0 saturated heterocycles. The van der Waals surface area contributed by atoms with Crippen LogP contribution in [0.4, 0.5) is 0 Å². The van der Waals surface area contributed by atoms with Crippen molar-refractivity contribution in [1.82, 2.24) is 10.3 Å². The molecule has 144 valence electrons. The van der Waals surface area contributed by atoms with Crippen molar-refractivity contribution >= 4 is 16.9 Å². The molecule has 9 heteroatoms. The smallest absolute Gasteiger partial charge is 0.321 e. The van der Waals surface area contributed by atoms with Gasteiger partial charge in [-0.05, 0) is 11.6 Å². The minimum Gasteiger partial charge on any atom is -0.480 e. The van der Waals surface area contributed by atoms with Crippen LogP contribution in [-0.4, -0.2) is 85.2 Å². The molecular formula is C17H24N2O7. The van der Waals surface area contributed by atoms with E-state index in [1.54, 1.807) is 6.20 Å². The van der Waals surface area contributed by atoms with E-state index < -0.39 is 43.0 Å². The summed E-state index contributed by atoms with van der Waals surface area (Å²) in [5.74, 6) is -1.13. The summed E-state index contributed by atoms with van der Waals surface area (Å²) in [7, 11) is 0. The molecule has 26 heavy (non-hydrogen) atoms. The number of aliphatic carboxylic acids is 1. The van der Waals surface area contributed by atoms with Crippen molar-refractivity contribution < 1.29 is 35.4 Å². The standard InChI is InChI=1S/C17H24N2O7/c20-8-14(22)16(24)15(23)13(21)7-19-12(17(25)26)5-9-6-18-11-4-2-1-3-10(9)11/h1-4,6,12-16,18-24H,5,7-8H2,(H,25,26)/t12-,13-,14+,15+,16+/m0/s1. The van der Waals surface area contributed by atoms with Crippen molar-refractivity contribution in [2.45, 2.75) is 36.9 Å². The van der Waals surface area contributed by atoms with E-state index in [-0.39, 0.29) is 13.0 Å². The van der Waals surface area contributed by atoms with Crippen molar-refractivity contribution in [3.05, 3.63) is 36.0 Å². The zero-order valence-corrected chi connectivity index (χ0v) is 14.0. The third-order valence-electron chi connectivity index (χ3n) is 4.30. The maximum Gasteiger partial charge on any atom is 0.321 e. The molecule has 0 saturated carbocycles. The molecule has 2 aromatic rings. The molecule has 8 N–H and O–H groups in total. The van der Waals surface area contributed by atoms with Gasteiger partial charge < -0.3 is 40.9 Å². The fraction of sp³-hybridized carbons (Fsp3) is 0.471. The monoisotopic (exact) mass is 368 g/mol. The van der Waals surface area contributed by atoms with Crippen LogP contribution in [0.2, 0.25) is 0 Å². The molecule has 0 unspecified atom stereocenters. The SMILES string of the molecule is O=C(O)[C@H](Cc1c[nH]c2ccccc12)NC[C@H](O)[C@@H](O)[C@H](O)[C@H](O)CO. The normalized spacial score (nSPS) is 17.6. The Kier molecular flexibility index (Phi) is 7.09. The van der Waals surface area contributed by atoms with Gasteiger partial charge in [-0.2, -0.15) is 0 Å². The molecule has 0 spiro atoms. The summed E-state index contributed by atoms with van der Waals surface area (Å²) >= 11 is 0. The molecule has 1 aromatic heterocycles. The molecule has 0 fully saturated rings. The molecule has 1 aromatic carbocycles. The number of H-pyrrole nitrogens is 1. The molecule has 0 amide bonds. The largest absolute Gasteiger partial charge is 0.480 e. The van der Waals surface area contributed by atoms with E-state index in [1.807, 2.05) is 24.3 Å². The third kappa shape index (κ3) is 4.79. The Morgan fingerprint density at radius 1 is 1.08 bits per heavy atom. The van der Waals surface area contributed by atoms with Gasteiger partial charge >= 0.3 is 5.97 Å². The van der Waals surface area contributed by atoms with Crippen molar-refractivity contribution in [3.63, 3.8) is 0 Å². The van der Waals surface area contributed by atoms with Gasteiger partial charge in [-0.15, -0.1) is 0 Å². The van der Waals surface area contributed by atoms with Crippen LogP contribution >= 0.6 is 0 Å². The van der Waals surface area contributed by atoms with Crippen LogP contribution in [0.1, 0.15) is 5.56 Å². The first-order valence-electron chi connectivity index (χ1n) is 8.19. The lowest BCUT2D eigenvalue weighted by atomic mass is 10.0. The number of carboxylic acids is 1. The number of aliphatic hydroxyl groups is 5. The van der Waals surface area contributed by atoms with Crippen molar-refractivity contribution in [2.75, 3.05) is 13.2 Å². The number of aliphatic hydroxyl groups excluding tert-OH is 5. The fourth-order valence-electron chi connectivity index (χ4n) is 2.71. The van der Waals surface area contributed by atoms with Gasteiger partial charge in [0.05, 0.1) is 12.7 Å². The number of fused-ring (bicyclic) bond motifs is 1. The van der Waals surface area contributed by atoms with Crippen LogP contribution in [0.25, 0.3) is 10.9 Å². The Hall–Kier alpha value is -2.01. The van der Waals surface area contributed by atoms with Crippen LogP contribution in [0, 0.1) is 0 Å². The topological polar surface area (TPSA) is 166 Å². The number of hydrogen-bond acceptors (Lipinski definition) is 7. The Balaban J connectivity index is 1.99. The van der Waals surface area contributed by atoms with Crippen molar-refractivity contribution in [2.24, 2.45) is 0 Å². The minimum atomic E-state index is -1.76. The minimum absolute atomic E-state index is 0.143. The molecule has 1 heterocycles. The highest BCUT2D eigenvalue weighted by Crippen LogP contribution is 2.19. The number of aromatic nitrogens is 1. The predicted molar refractivity (Wildman–Crippen MR) is 92.5 cm³/mol. The van der Waals surface area contributed by atoms with E-state index in [2.05, 4.69) is 10.3 Å². The van der Waals surface area contributed by atoms with Crippen LogP contribution in [0.5, 0.6) is 0 Å². The van der Waals surface area contributed by atoms with Crippen LogP contribution in [0.15, 0.2) is 30.5 Å². The Bertz CT molecular complexity index is 720. The van der Waals surface area contributed by atoms with E-state index >= 15 is 0 Å². The summed E-state index contributed by atoms with van der Waals surface area (Å²) in [6, 6.07) is 6.41. The first-order chi connectivity index (χ1) is 12.3. The second-order valence-corrected chi connectivity index (χ2v) is 6.16. The van der Waals surface area contributed by atoms with Gasteiger partial charge in [-0.25, -0.2) is 0 Å². The summed E-state index contributed by atoms with van der Waals surface area (Å²) in [5, 5.41) is 60.2. The highest BCUT2D eigenvalue weighted by atomic mass is 16.4. The van der Waals surface area contributed by atoms with E-state index in [1.165, 1.54) is 0 Å². The average molecular weight is 368 g/mol. The second-order valence-electron chi connectivity index (χ2n) is 6.16. The maximum absolute atomic E-state index is 11.5. The van der Waals surface area contributed by atoms with Crippen LogP contribution in [0.3, 0.4) is 0 Å². The number of rotatable bonds is 10. The number of aromatic amines is 1. The lowest BCUT2D eigenvalue weighted by molar-refractivity contribution is -0.140. The molecule has 0 aliphatic carbocycles. The van der Waals surface area contributed by atoms with Crippen molar-refractivity contribution in [1.29, 1.82) is 0 Å². The Morgan fingerprint density at radius 2 is 1.73 bits per heavy atom. The second kappa shape index (κ2) is 9.08. The summed E-state index contributed by atoms with van der Waals surface area (Å²) in [5.41, 5.74) is 1.66. The van der Waals surface area contributed by atoms with E-state index in [9.17, 15) is 30.3 Å². The molecule has 0 aliphatic heterocycles. The quantitative estimate of drug-likeness (QED) is 0.243. The third-order valence-corrected chi connectivity index (χ3v) is 4.30. The highest BCUT2D eigenvalue weighted by molar-refractivity contribution is 5.84. The highest BCUT2D eigenvalue weighted by Gasteiger charge is 2.31. The summed E-state index contributed by atoms with van der Waals surface area (Å²) < 4.78 is 0. The number of nitrogens with one attached hydrogen (secondary N) is 2. The first-order valence-corrected chi connectivity index (χ1v) is 8.19. The molecule has 2 rings (SSSR count). The fourth-order valence-corrected chi connectivity index (χ4v) is 2.71. The Labute approximate surface area is 149 Å². The number of carbonyl (C=O) groups is 1. The van der Waals surface area contributed by atoms with Gasteiger partial charge in [-0.1, -0.05) is 18.2 Å². The van der Waals surface area contributed by atoms with Crippen LogP contribution < -0.4 is 5.32 Å². The lowest BCUT2D eigenvalue weighted by Gasteiger charge is -2.26. The van der Waals surface area contributed by atoms with Gasteiger partial charge in [0, 0.05) is 30.1 Å². The zero-order chi connectivity index (χ0) is 19.3. The summed E-state index contributed by atoms with van der Waals surface area (Å²) in [6.45, 7) is -1.10. The number of para-hydroxylation sites is 1. The molecule has 0 bridgehead atoms. The maximum atomic E-state index is 11.5. The summed E-state index contributed by atoms with van der Waals surface area (Å²) in [6.07, 6.45) is -4.78. The predicted octanol–water partition coefficient (Wildman–Crippen LogP) is -1.81. The molecule has 0 aliphatic rings. The molecule has 9 nitrogen and oxygen atoms in total. The van der Waals surface area contributed by atoms with Gasteiger partial charge in [0.1, 0.15) is 24.4 Å². The zero-order valence-electron chi connectivity index (χ0n) is 14.0. The van der Waals surface area contributed by atoms with Gasteiger partial charge in [0.15, 0.2) is 0 Å². The summed E-state index contributed by atoms with van der Waals surface area (Å²) in [4.78, 5) is 14.5. The molecule has 0 radical (unpaired) electrons. The average Bonchev–Trinajstić information content (AvgIpc) is 3.05. The van der Waals surface area contributed by atoms with E-state index in [4.69, 9.17) is 5.11 Å². The molecule has 5 atom stereocenters. The van der Waals surface area contributed by atoms with Gasteiger partial charge in [0.2, 0.25) is 0 Å². The number of hydrogen-bond donors (Lipinski definition) is 8. The van der Waals surface area contributed by atoms with E-state index in [0.717, 1.165) is 16.5 Å². The van der Waals surface area contributed by atoms with Gasteiger partial charge in [-0.3, -0.25) is 4.79 Å². The first kappa shape index (κ1) is 20.3. The van der Waals surface area contributed by atoms with Gasteiger partial charge in [0.25, 0.3) is 0 Å². The number of benzene rings is 1. The van der Waals surface area contributed by atoms with Crippen molar-refractivity contribution in [3.8, 4) is 0 Å². The lowest BCUT2D eigenvalue weighted by Crippen LogP contribution is -2.51. The molecular weight excluding hydrogens is 344 g/mol.